The molecule has 2 aromatic carbocycles. The summed E-state index contributed by atoms with van der Waals surface area (Å²) < 4.78 is 0. The minimum Gasteiger partial charge on any atom is -0.508 e. The number of aryl methyl sites for hydroxylation is 1. The van der Waals surface area contributed by atoms with E-state index in [4.69, 9.17) is 45.9 Å². The maximum absolute atomic E-state index is 15.1. The number of carbonyl (C=O) groups is 14. The lowest BCUT2D eigenvalue weighted by Crippen LogP contribution is -2.60. The van der Waals surface area contributed by atoms with Crippen LogP contribution in [0.5, 0.6) is 5.75 Å². The van der Waals surface area contributed by atoms with Crippen LogP contribution in [-0.4, -0.2) is 233 Å². The summed E-state index contributed by atoms with van der Waals surface area (Å²) in [6.45, 7) is 3.73. The zero-order valence-corrected chi connectivity index (χ0v) is 61.2. The number of phenolic OH excluding ortho intramolecular Hbond substituents is 1. The smallest absolute Gasteiger partial charge is 0.305 e. The van der Waals surface area contributed by atoms with Crippen LogP contribution in [0.3, 0.4) is 0 Å². The molecule has 107 heavy (non-hydrogen) atoms. The van der Waals surface area contributed by atoms with Gasteiger partial charge < -0.3 is 119 Å². The largest absolute Gasteiger partial charge is 0.508 e. The van der Waals surface area contributed by atoms with Gasteiger partial charge in [0.1, 0.15) is 66.2 Å². The quantitative estimate of drug-likeness (QED) is 0.0250. The number of carboxylic acid groups (broad SMARTS) is 1. The second-order valence-electron chi connectivity index (χ2n) is 26.2. The zero-order chi connectivity index (χ0) is 79.3. The van der Waals surface area contributed by atoms with Gasteiger partial charge in [-0.1, -0.05) is 55.8 Å². The second kappa shape index (κ2) is 46.0. The van der Waals surface area contributed by atoms with E-state index in [1.54, 1.807) is 38.1 Å². The highest BCUT2D eigenvalue weighted by Crippen LogP contribution is 2.22. The lowest BCUT2D eigenvalue weighted by atomic mass is 9.99. The highest BCUT2D eigenvalue weighted by Gasteiger charge is 2.41. The van der Waals surface area contributed by atoms with Gasteiger partial charge in [-0.15, -0.1) is 11.8 Å². The molecule has 0 spiro atoms. The van der Waals surface area contributed by atoms with Crippen molar-refractivity contribution >= 4 is 112 Å². The summed E-state index contributed by atoms with van der Waals surface area (Å²) in [6.07, 6.45) is -1.19. The number of nitrogens with two attached hydrogens (primary N) is 8. The van der Waals surface area contributed by atoms with Gasteiger partial charge in [0.2, 0.25) is 76.8 Å². The summed E-state index contributed by atoms with van der Waals surface area (Å²) in [4.78, 5) is 210. The minimum absolute atomic E-state index is 0.0138. The van der Waals surface area contributed by atoms with Gasteiger partial charge in [0.15, 0.2) is 17.9 Å². The molecule has 0 aromatic heterocycles. The first-order chi connectivity index (χ1) is 50.7. The number of nitrogens with one attached hydrogen (secondary N) is 11. The number of nitrogens with zero attached hydrogens (tertiary/aromatic N) is 4. The number of carboxylic acids is 1. The lowest BCUT2D eigenvalue weighted by molar-refractivity contribution is -0.143. The SMILES string of the molecule is Cc1ccc(C[C@@H]2NC(=O)[C@H](CCCN=C(N)N)NC(=O)[C@H](CC(C)C)NC(=O)[C@H](Cc3ccc(O)cc3)NC(=O)CSC[C@@H](C(N)=O)NC(=O)CNC(=O)CNC(=O)[C@H](CCCN=C(N)N)NC(=O)[C@H](CC(=O)O)NC(=O)[C@H](CCCCN)NC(=O)[C@@H]3CCCN3C(=O)[C@H](CCCN=C(N)N)NC2=O)cc1. The van der Waals surface area contributed by atoms with Crippen molar-refractivity contribution in [2.45, 2.75) is 178 Å². The van der Waals surface area contributed by atoms with Crippen molar-refractivity contribution in [2.24, 2.45) is 66.8 Å². The van der Waals surface area contributed by atoms with Crippen molar-refractivity contribution in [3.8, 4) is 5.75 Å². The number of benzene rings is 2. The average molecular weight is 1520 g/mol. The molecule has 590 valence electrons. The molecule has 0 unspecified atom stereocenters. The molecule has 2 aromatic rings. The van der Waals surface area contributed by atoms with Gasteiger partial charge in [0, 0.05) is 44.8 Å². The number of amides is 13. The Balaban J connectivity index is 1.86. The Hall–Kier alpha value is -11.1. The first-order valence-electron chi connectivity index (χ1n) is 35.1. The number of guanidine groups is 3. The fourth-order valence-electron chi connectivity index (χ4n) is 11.3. The van der Waals surface area contributed by atoms with E-state index in [0.29, 0.717) is 17.5 Å². The summed E-state index contributed by atoms with van der Waals surface area (Å²) >= 11 is 0.811. The minimum atomic E-state index is -1.92. The van der Waals surface area contributed by atoms with Crippen LogP contribution in [0, 0.1) is 12.8 Å². The van der Waals surface area contributed by atoms with Gasteiger partial charge in [-0.3, -0.25) is 82.1 Å². The Morgan fingerprint density at radius 3 is 1.48 bits per heavy atom. The molecule has 0 radical (unpaired) electrons. The number of hydrogen-bond acceptors (Lipinski definition) is 20. The summed E-state index contributed by atoms with van der Waals surface area (Å²) in [6, 6.07) is -2.37. The Labute approximate surface area is 623 Å². The number of aliphatic carboxylic acids is 1. The topological polar surface area (TPSA) is 660 Å². The standard InChI is InChI=1S/C67H105N23O16S/c1-36(2)28-45-59(101)84-43(12-7-25-77-66(72)73)58(100)88-47(30-38-17-15-37(3)16-18-38)61(103)86-44(13-8-26-78-67(74)75)64(106)90-27-9-14-50(90)63(105)85-42(10-4-5-23-68)57(99)89-48(31-54(95)96)62(104)83-41(11-6-24-76-65(70)71)56(98)80-32-51(92)79-33-52(93)82-49(55(69)97)34-107-35-53(94)81-46(60(102)87-45)29-39-19-21-40(91)22-20-39/h15-22,36,41-50,91H,4-14,23-35,68H2,1-3H3,(H2,69,97)(H,79,92)(H,80,98)(H,81,94)(H,82,93)(H,83,104)(H,84,101)(H,85,105)(H,86,103)(H,87,102)(H,88,100)(H,89,99)(H,95,96)(H4,70,71,76)(H4,72,73,77)(H4,74,75,78)/t41-,42-,43-,44-,45-,46-,47-,48-,49-,50-/m0/s1. The molecule has 2 aliphatic heterocycles. The van der Waals surface area contributed by atoms with Crippen molar-refractivity contribution in [1.29, 1.82) is 0 Å². The van der Waals surface area contributed by atoms with E-state index < -0.39 is 168 Å². The van der Waals surface area contributed by atoms with Crippen molar-refractivity contribution in [3.63, 3.8) is 0 Å². The molecule has 2 heterocycles. The normalized spacial score (nSPS) is 22.9. The molecule has 0 saturated carbocycles. The third-order valence-corrected chi connectivity index (χ3v) is 17.8. The summed E-state index contributed by atoms with van der Waals surface area (Å²) in [5.74, 6) is -15.8. The predicted molar refractivity (Wildman–Crippen MR) is 396 cm³/mol. The van der Waals surface area contributed by atoms with E-state index in [2.05, 4.69) is 73.5 Å². The third-order valence-electron chi connectivity index (χ3n) is 16.8. The highest BCUT2D eigenvalue weighted by atomic mass is 32.2. The fourth-order valence-corrected chi connectivity index (χ4v) is 12.2. The molecule has 2 saturated heterocycles. The van der Waals surface area contributed by atoms with Crippen LogP contribution in [0.25, 0.3) is 0 Å². The van der Waals surface area contributed by atoms with E-state index in [0.717, 1.165) is 17.3 Å². The number of carbonyl (C=O) groups excluding carboxylic acids is 13. The van der Waals surface area contributed by atoms with Crippen LogP contribution in [-0.2, 0) is 80.0 Å². The van der Waals surface area contributed by atoms with Crippen LogP contribution in [0.2, 0.25) is 0 Å². The molecule has 2 aliphatic rings. The van der Waals surface area contributed by atoms with Gasteiger partial charge in [-0.25, -0.2) is 0 Å². The van der Waals surface area contributed by atoms with Crippen molar-refractivity contribution in [1.82, 2.24) is 63.4 Å². The van der Waals surface area contributed by atoms with Crippen LogP contribution in [0.1, 0.15) is 114 Å². The zero-order valence-electron chi connectivity index (χ0n) is 60.4. The molecule has 13 amide bonds. The maximum Gasteiger partial charge on any atom is 0.305 e. The molecule has 39 nitrogen and oxygen atoms in total. The van der Waals surface area contributed by atoms with E-state index in [9.17, 15) is 63.0 Å². The number of aromatic hydroxyl groups is 1. The number of phenols is 1. The molecule has 40 heteroatoms. The van der Waals surface area contributed by atoms with Crippen molar-refractivity contribution in [2.75, 3.05) is 57.3 Å². The van der Waals surface area contributed by atoms with Gasteiger partial charge >= 0.3 is 5.97 Å². The van der Waals surface area contributed by atoms with E-state index >= 15 is 14.4 Å². The van der Waals surface area contributed by atoms with Gasteiger partial charge in [0.25, 0.3) is 0 Å². The third kappa shape index (κ3) is 33.3. The predicted octanol–water partition coefficient (Wildman–Crippen LogP) is -6.88. The number of fused-ring (bicyclic) bond motifs is 1. The Kier molecular flexibility index (Phi) is 38.0. The van der Waals surface area contributed by atoms with E-state index in [-0.39, 0.29) is 151 Å². The first kappa shape index (κ1) is 88.3. The molecule has 2 fully saturated rings. The van der Waals surface area contributed by atoms with E-state index in [1.165, 1.54) is 29.2 Å². The Morgan fingerprint density at radius 2 is 0.953 bits per heavy atom. The Morgan fingerprint density at radius 1 is 0.514 bits per heavy atom. The van der Waals surface area contributed by atoms with Crippen LogP contribution in [0.15, 0.2) is 63.5 Å². The summed E-state index contributed by atoms with van der Waals surface area (Å²) in [7, 11) is 0. The number of hydrogen-bond donors (Lipinski definition) is 21. The molecule has 10 atom stereocenters. The Bertz CT molecular complexity index is 3480. The molecular weight excluding hydrogens is 1410 g/mol. The molecule has 0 bridgehead atoms. The first-order valence-corrected chi connectivity index (χ1v) is 36.2. The van der Waals surface area contributed by atoms with Crippen LogP contribution < -0.4 is 104 Å². The van der Waals surface area contributed by atoms with Gasteiger partial charge in [-0.2, -0.15) is 0 Å². The summed E-state index contributed by atoms with van der Waals surface area (Å²) in [5.41, 5.74) is 46.8. The van der Waals surface area contributed by atoms with Gasteiger partial charge in [0.05, 0.1) is 25.3 Å². The number of aliphatic imine (C=N–C) groups is 3. The second-order valence-corrected chi connectivity index (χ2v) is 27.2. The molecule has 4 rings (SSSR count). The van der Waals surface area contributed by atoms with Crippen LogP contribution in [0.4, 0.5) is 0 Å². The van der Waals surface area contributed by atoms with Crippen LogP contribution >= 0.6 is 11.8 Å². The molecular formula is C67H105N23O16S. The molecule has 29 N–H and O–H groups in total. The monoisotopic (exact) mass is 1520 g/mol. The average Bonchev–Trinajstić information content (AvgIpc) is 1.79. The van der Waals surface area contributed by atoms with Crippen molar-refractivity contribution < 1.29 is 77.3 Å². The number of rotatable bonds is 25. The van der Waals surface area contributed by atoms with E-state index in [1.807, 2.05) is 6.92 Å². The van der Waals surface area contributed by atoms with Gasteiger partial charge in [-0.05, 0) is 120 Å². The number of thioether (sulfide) groups is 1. The van der Waals surface area contributed by atoms with Crippen molar-refractivity contribution in [3.05, 3.63) is 65.2 Å². The fraction of sp³-hybridized carbons (Fsp3) is 0.567. The molecule has 0 aliphatic carbocycles. The lowest BCUT2D eigenvalue weighted by Gasteiger charge is -2.31. The number of unbranched alkanes of at least 4 members (excludes halogenated alkanes) is 1. The summed E-state index contributed by atoms with van der Waals surface area (Å²) in [5, 5.41) is 48.1. The number of primary amides is 1. The highest BCUT2D eigenvalue weighted by molar-refractivity contribution is 8.00. The maximum atomic E-state index is 15.1.